The van der Waals surface area contributed by atoms with Crippen LogP contribution >= 0.6 is 0 Å². The predicted octanol–water partition coefficient (Wildman–Crippen LogP) is 4.24. The fourth-order valence-electron chi connectivity index (χ4n) is 2.10. The number of hydrogen-bond acceptors (Lipinski definition) is 1. The molecule has 0 saturated carbocycles. The molecule has 2 nitrogen and oxygen atoms in total. The van der Waals surface area contributed by atoms with Gasteiger partial charge in [-0.15, -0.1) is 0 Å². The number of halogens is 3. The van der Waals surface area contributed by atoms with Crippen molar-refractivity contribution in [3.63, 3.8) is 0 Å². The molecular formula is C16H14F3NO. The number of hydrogen-bond donors (Lipinski definition) is 1. The van der Waals surface area contributed by atoms with E-state index in [0.29, 0.717) is 6.42 Å². The molecule has 0 radical (unpaired) electrons. The summed E-state index contributed by atoms with van der Waals surface area (Å²) in [5, 5.41) is 2.31. The van der Waals surface area contributed by atoms with Crippen LogP contribution in [0.15, 0.2) is 42.5 Å². The van der Waals surface area contributed by atoms with Gasteiger partial charge in [-0.2, -0.15) is 0 Å². The van der Waals surface area contributed by atoms with Crippen LogP contribution in [0.25, 0.3) is 0 Å². The van der Waals surface area contributed by atoms with Gasteiger partial charge in [0.05, 0.1) is 11.6 Å². The van der Waals surface area contributed by atoms with Crippen LogP contribution in [0.3, 0.4) is 0 Å². The van der Waals surface area contributed by atoms with Gasteiger partial charge in [0.1, 0.15) is 0 Å². The normalized spacial score (nSPS) is 12.0. The smallest absolute Gasteiger partial charge is 0.231 e. The van der Waals surface area contributed by atoms with Gasteiger partial charge < -0.3 is 5.32 Å². The summed E-state index contributed by atoms with van der Waals surface area (Å²) < 4.78 is 39.6. The molecule has 0 heterocycles. The van der Waals surface area contributed by atoms with E-state index in [9.17, 15) is 18.0 Å². The van der Waals surface area contributed by atoms with Crippen molar-refractivity contribution in [2.24, 2.45) is 0 Å². The Labute approximate surface area is 120 Å². The molecule has 1 unspecified atom stereocenters. The summed E-state index contributed by atoms with van der Waals surface area (Å²) in [6.45, 7) is 1.82. The molecule has 2 aromatic rings. The van der Waals surface area contributed by atoms with Gasteiger partial charge >= 0.3 is 0 Å². The third-order valence-electron chi connectivity index (χ3n) is 3.22. The minimum atomic E-state index is -1.60. The molecule has 1 atom stereocenters. The Bertz CT molecular complexity index is 643. The van der Waals surface area contributed by atoms with Crippen LogP contribution in [-0.4, -0.2) is 5.91 Å². The van der Waals surface area contributed by atoms with Gasteiger partial charge in [-0.3, -0.25) is 4.79 Å². The average Bonchev–Trinajstić information content (AvgIpc) is 2.50. The molecule has 5 heteroatoms. The summed E-state index contributed by atoms with van der Waals surface area (Å²) in [6.07, 6.45) is 0.501. The molecular weight excluding hydrogens is 279 g/mol. The lowest BCUT2D eigenvalue weighted by molar-refractivity contribution is -0.117. The van der Waals surface area contributed by atoms with Crippen molar-refractivity contribution in [3.8, 4) is 0 Å². The molecule has 0 fully saturated rings. The number of amides is 1. The molecule has 1 N–H and O–H groups in total. The van der Waals surface area contributed by atoms with Gasteiger partial charge in [0, 0.05) is 0 Å². The van der Waals surface area contributed by atoms with E-state index in [0.717, 1.165) is 17.7 Å². The van der Waals surface area contributed by atoms with E-state index in [-0.39, 0.29) is 5.69 Å². The summed E-state index contributed by atoms with van der Waals surface area (Å²) in [5.41, 5.74) is 0.411. The molecule has 110 valence electrons. The average molecular weight is 293 g/mol. The number of anilines is 1. The van der Waals surface area contributed by atoms with E-state index in [1.807, 2.05) is 13.0 Å². The second-order valence-corrected chi connectivity index (χ2v) is 4.58. The fraction of sp³-hybridized carbons (Fsp3) is 0.188. The molecule has 0 aliphatic rings. The minimum absolute atomic E-state index is 0.367. The maximum absolute atomic E-state index is 13.6. The highest BCUT2D eigenvalue weighted by Crippen LogP contribution is 2.24. The van der Waals surface area contributed by atoms with Crippen LogP contribution in [0.4, 0.5) is 18.9 Å². The molecule has 0 spiro atoms. The van der Waals surface area contributed by atoms with Crippen LogP contribution in [0, 0.1) is 17.5 Å². The lowest BCUT2D eigenvalue weighted by atomic mass is 9.95. The molecule has 21 heavy (non-hydrogen) atoms. The lowest BCUT2D eigenvalue weighted by Gasteiger charge is -2.16. The first-order chi connectivity index (χ1) is 10.0. The summed E-state index contributed by atoms with van der Waals surface area (Å²) in [4.78, 5) is 12.2. The Morgan fingerprint density at radius 1 is 1.05 bits per heavy atom. The van der Waals surface area contributed by atoms with E-state index in [4.69, 9.17) is 0 Å². The zero-order valence-corrected chi connectivity index (χ0v) is 11.4. The Hall–Kier alpha value is -2.30. The van der Waals surface area contributed by atoms with Crippen molar-refractivity contribution >= 4 is 11.6 Å². The topological polar surface area (TPSA) is 29.1 Å². The highest BCUT2D eigenvalue weighted by molar-refractivity contribution is 5.95. The van der Waals surface area contributed by atoms with Crippen LogP contribution in [-0.2, 0) is 4.79 Å². The maximum Gasteiger partial charge on any atom is 0.231 e. The molecule has 0 aliphatic carbocycles. The van der Waals surface area contributed by atoms with E-state index >= 15 is 0 Å². The van der Waals surface area contributed by atoms with Gasteiger partial charge in [0.25, 0.3) is 0 Å². The fourth-order valence-corrected chi connectivity index (χ4v) is 2.10. The maximum atomic E-state index is 13.6. The highest BCUT2D eigenvalue weighted by atomic mass is 19.2. The first-order valence-corrected chi connectivity index (χ1v) is 6.54. The summed E-state index contributed by atoms with van der Waals surface area (Å²) in [5.74, 6) is -5.24. The SMILES string of the molecule is CCC(C(=O)Nc1ccc(F)c(F)c1F)c1ccccc1. The van der Waals surface area contributed by atoms with Crippen molar-refractivity contribution in [2.75, 3.05) is 5.32 Å². The van der Waals surface area contributed by atoms with Crippen LogP contribution in [0.2, 0.25) is 0 Å². The van der Waals surface area contributed by atoms with Gasteiger partial charge in [-0.25, -0.2) is 13.2 Å². The second-order valence-electron chi connectivity index (χ2n) is 4.58. The van der Waals surface area contributed by atoms with Crippen LogP contribution < -0.4 is 5.32 Å². The van der Waals surface area contributed by atoms with Crippen LogP contribution in [0.1, 0.15) is 24.8 Å². The van der Waals surface area contributed by atoms with Crippen molar-refractivity contribution in [2.45, 2.75) is 19.3 Å². The Kier molecular flexibility index (Phi) is 4.62. The second kappa shape index (κ2) is 6.43. The number of carbonyl (C=O) groups is 1. The summed E-state index contributed by atoms with van der Waals surface area (Å²) >= 11 is 0. The molecule has 1 amide bonds. The standard InChI is InChI=1S/C16H14F3NO/c1-2-11(10-6-4-3-5-7-10)16(21)20-13-9-8-12(17)14(18)15(13)19/h3-9,11H,2H2,1H3,(H,20,21). The van der Waals surface area contributed by atoms with E-state index in [1.54, 1.807) is 24.3 Å². The molecule has 0 bridgehead atoms. The predicted molar refractivity (Wildman–Crippen MR) is 74.4 cm³/mol. The van der Waals surface area contributed by atoms with E-state index in [1.165, 1.54) is 0 Å². The number of benzene rings is 2. The Balaban J connectivity index is 2.23. The number of rotatable bonds is 4. The van der Waals surface area contributed by atoms with E-state index in [2.05, 4.69) is 5.32 Å². The van der Waals surface area contributed by atoms with Crippen molar-refractivity contribution in [1.29, 1.82) is 0 Å². The largest absolute Gasteiger partial charge is 0.323 e. The lowest BCUT2D eigenvalue weighted by Crippen LogP contribution is -2.21. The van der Waals surface area contributed by atoms with Crippen LogP contribution in [0.5, 0.6) is 0 Å². The van der Waals surface area contributed by atoms with Gasteiger partial charge in [0.15, 0.2) is 17.5 Å². The number of nitrogens with one attached hydrogen (secondary N) is 1. The molecule has 2 rings (SSSR count). The molecule has 0 saturated heterocycles. The quantitative estimate of drug-likeness (QED) is 0.839. The number of carbonyl (C=O) groups excluding carboxylic acids is 1. The molecule has 0 aromatic heterocycles. The summed E-state index contributed by atoms with van der Waals surface area (Å²) in [6, 6.07) is 10.8. The first-order valence-electron chi connectivity index (χ1n) is 6.54. The third kappa shape index (κ3) is 3.24. The van der Waals surface area contributed by atoms with Crippen molar-refractivity contribution in [3.05, 3.63) is 65.5 Å². The van der Waals surface area contributed by atoms with Gasteiger partial charge in [-0.05, 0) is 24.1 Å². The Morgan fingerprint density at radius 3 is 2.33 bits per heavy atom. The van der Waals surface area contributed by atoms with E-state index < -0.39 is 29.3 Å². The monoisotopic (exact) mass is 293 g/mol. The third-order valence-corrected chi connectivity index (χ3v) is 3.22. The molecule has 0 aliphatic heterocycles. The highest BCUT2D eigenvalue weighted by Gasteiger charge is 2.21. The van der Waals surface area contributed by atoms with Gasteiger partial charge in [-0.1, -0.05) is 37.3 Å². The first kappa shape index (κ1) is 15.1. The Morgan fingerprint density at radius 2 is 1.71 bits per heavy atom. The van der Waals surface area contributed by atoms with Crippen molar-refractivity contribution in [1.82, 2.24) is 0 Å². The van der Waals surface area contributed by atoms with Crippen molar-refractivity contribution < 1.29 is 18.0 Å². The zero-order valence-electron chi connectivity index (χ0n) is 11.4. The van der Waals surface area contributed by atoms with Gasteiger partial charge in [0.2, 0.25) is 5.91 Å². The minimum Gasteiger partial charge on any atom is -0.323 e. The summed E-state index contributed by atoms with van der Waals surface area (Å²) in [7, 11) is 0. The molecule has 2 aromatic carbocycles. The zero-order chi connectivity index (χ0) is 15.4.